The van der Waals surface area contributed by atoms with Crippen LogP contribution in [0.3, 0.4) is 0 Å². The van der Waals surface area contributed by atoms with E-state index >= 15 is 0 Å². The summed E-state index contributed by atoms with van der Waals surface area (Å²) < 4.78 is 8.54. The Bertz CT molecular complexity index is 673. The summed E-state index contributed by atoms with van der Waals surface area (Å²) in [5.74, 6) is 0.722. The minimum atomic E-state index is 0.641. The van der Waals surface area contributed by atoms with Crippen LogP contribution < -0.4 is 9.46 Å². The molecule has 3 nitrogen and oxygen atoms in total. The molecule has 1 aromatic heterocycles. The van der Waals surface area contributed by atoms with Gasteiger partial charge in [0.15, 0.2) is 0 Å². The normalized spacial score (nSPS) is 10.0. The second-order valence-electron chi connectivity index (χ2n) is 4.11. The Hall–Kier alpha value is -1.91. The molecule has 108 valence electrons. The van der Waals surface area contributed by atoms with Crippen LogP contribution >= 0.6 is 23.5 Å². The second-order valence-corrected chi connectivity index (χ2v) is 5.39. The lowest BCUT2D eigenvalue weighted by Gasteiger charge is -2.10. The molecule has 0 amide bonds. The highest BCUT2D eigenvalue weighted by atomic mass is 35.5. The van der Waals surface area contributed by atoms with Gasteiger partial charge in [-0.05, 0) is 42.3 Å². The first-order chi connectivity index (χ1) is 10.2. The van der Waals surface area contributed by atoms with Gasteiger partial charge in [0.05, 0.1) is 29.6 Å². The van der Waals surface area contributed by atoms with Crippen LogP contribution in [0.2, 0.25) is 5.02 Å². The fourth-order valence-corrected chi connectivity index (χ4v) is 2.60. The number of hydrogen-bond donors (Lipinski definition) is 1. The molecule has 0 bridgehead atoms. The quantitative estimate of drug-likeness (QED) is 0.747. The average Bonchev–Trinajstić information content (AvgIpc) is 2.53. The Kier molecular flexibility index (Phi) is 5.31. The largest absolute Gasteiger partial charge is 0.495 e. The Morgan fingerprint density at radius 1 is 1.29 bits per heavy atom. The lowest BCUT2D eigenvalue weighted by molar-refractivity contribution is 0.405. The zero-order valence-electron chi connectivity index (χ0n) is 11.6. The molecule has 1 heterocycles. The maximum atomic E-state index is 5.95. The van der Waals surface area contributed by atoms with E-state index in [1.54, 1.807) is 31.5 Å². The molecular weight excluding hydrogens is 304 g/mol. The van der Waals surface area contributed by atoms with Gasteiger partial charge in [0.25, 0.3) is 0 Å². The highest BCUT2D eigenvalue weighted by Gasteiger charge is 2.06. The van der Waals surface area contributed by atoms with Crippen LogP contribution in [0.15, 0.2) is 48.5 Å². The smallest absolute Gasteiger partial charge is 0.135 e. The van der Waals surface area contributed by atoms with E-state index in [0.29, 0.717) is 5.02 Å². The molecular formula is C16H15ClN2OS. The van der Waals surface area contributed by atoms with Crippen molar-refractivity contribution in [3.05, 3.63) is 59.9 Å². The van der Waals surface area contributed by atoms with Crippen molar-refractivity contribution in [1.29, 1.82) is 0 Å². The van der Waals surface area contributed by atoms with Crippen LogP contribution in [-0.2, 0) is 0 Å². The van der Waals surface area contributed by atoms with Crippen molar-refractivity contribution in [2.75, 3.05) is 11.8 Å². The zero-order chi connectivity index (χ0) is 15.2. The molecule has 0 atom stereocenters. The third-order valence-corrected chi connectivity index (χ3v) is 3.90. The molecule has 1 aromatic carbocycles. The standard InChI is InChI=1S/C16H15ClN2OS/c1-4-11-8-13(10-18-14(11)5-2)19-21-16-7-6-12(17)9-15(16)20-3/h4-10,19H,1-2H2,3H3. The molecule has 0 unspecified atom stereocenters. The molecule has 0 saturated heterocycles. The van der Waals surface area contributed by atoms with E-state index in [1.165, 1.54) is 11.9 Å². The van der Waals surface area contributed by atoms with Crippen LogP contribution in [-0.4, -0.2) is 12.1 Å². The van der Waals surface area contributed by atoms with E-state index in [1.807, 2.05) is 18.2 Å². The van der Waals surface area contributed by atoms with E-state index in [0.717, 1.165) is 27.6 Å². The highest BCUT2D eigenvalue weighted by Crippen LogP contribution is 2.32. The average molecular weight is 319 g/mol. The van der Waals surface area contributed by atoms with E-state index in [-0.39, 0.29) is 0 Å². The maximum Gasteiger partial charge on any atom is 0.135 e. The molecule has 0 fully saturated rings. The number of nitrogens with zero attached hydrogens (tertiary/aromatic N) is 1. The lowest BCUT2D eigenvalue weighted by atomic mass is 10.2. The third kappa shape index (κ3) is 3.80. The predicted octanol–water partition coefficient (Wildman–Crippen LogP) is 5.15. The van der Waals surface area contributed by atoms with Gasteiger partial charge in [-0.1, -0.05) is 30.8 Å². The molecule has 0 saturated carbocycles. The highest BCUT2D eigenvalue weighted by molar-refractivity contribution is 8.00. The van der Waals surface area contributed by atoms with Crippen molar-refractivity contribution >= 4 is 41.4 Å². The predicted molar refractivity (Wildman–Crippen MR) is 91.9 cm³/mol. The molecule has 0 aliphatic heterocycles. The first-order valence-corrected chi connectivity index (χ1v) is 7.38. The van der Waals surface area contributed by atoms with Crippen LogP contribution in [0.5, 0.6) is 5.75 Å². The molecule has 1 N–H and O–H groups in total. The van der Waals surface area contributed by atoms with Crippen molar-refractivity contribution < 1.29 is 4.74 Å². The van der Waals surface area contributed by atoms with Gasteiger partial charge in [0.2, 0.25) is 0 Å². The molecule has 0 spiro atoms. The van der Waals surface area contributed by atoms with Gasteiger partial charge in [-0.2, -0.15) is 0 Å². The maximum absolute atomic E-state index is 5.95. The van der Waals surface area contributed by atoms with Gasteiger partial charge in [-0.25, -0.2) is 0 Å². The van der Waals surface area contributed by atoms with E-state index in [2.05, 4.69) is 22.9 Å². The van der Waals surface area contributed by atoms with Gasteiger partial charge >= 0.3 is 0 Å². The summed E-state index contributed by atoms with van der Waals surface area (Å²) in [5, 5.41) is 0.641. The van der Waals surface area contributed by atoms with Crippen molar-refractivity contribution in [2.45, 2.75) is 4.90 Å². The molecule has 2 aromatic rings. The molecule has 21 heavy (non-hydrogen) atoms. The number of benzene rings is 1. The van der Waals surface area contributed by atoms with Crippen LogP contribution in [0.4, 0.5) is 5.69 Å². The van der Waals surface area contributed by atoms with Gasteiger partial charge in [0, 0.05) is 10.6 Å². The molecule has 5 heteroatoms. The number of rotatable bonds is 6. The number of halogens is 1. The van der Waals surface area contributed by atoms with Gasteiger partial charge in [0.1, 0.15) is 5.75 Å². The Balaban J connectivity index is 2.16. The van der Waals surface area contributed by atoms with Crippen molar-refractivity contribution in [1.82, 2.24) is 4.98 Å². The minimum absolute atomic E-state index is 0.641. The summed E-state index contributed by atoms with van der Waals surface area (Å²) in [6, 6.07) is 7.47. The van der Waals surface area contributed by atoms with E-state index in [4.69, 9.17) is 16.3 Å². The summed E-state index contributed by atoms with van der Waals surface area (Å²) in [4.78, 5) is 5.26. The van der Waals surface area contributed by atoms with Gasteiger partial charge < -0.3 is 9.46 Å². The fraction of sp³-hybridized carbons (Fsp3) is 0.0625. The third-order valence-electron chi connectivity index (χ3n) is 2.77. The fourth-order valence-electron chi connectivity index (χ4n) is 1.72. The Morgan fingerprint density at radius 2 is 2.10 bits per heavy atom. The number of hydrogen-bond acceptors (Lipinski definition) is 4. The van der Waals surface area contributed by atoms with E-state index < -0.39 is 0 Å². The van der Waals surface area contributed by atoms with E-state index in [9.17, 15) is 0 Å². The number of pyridine rings is 1. The SMILES string of the molecule is C=Cc1cc(NSc2ccc(Cl)cc2OC)cnc1C=C. The van der Waals surface area contributed by atoms with Crippen LogP contribution in [0.25, 0.3) is 12.2 Å². The van der Waals surface area contributed by atoms with Crippen molar-refractivity contribution in [2.24, 2.45) is 0 Å². The molecule has 0 aliphatic carbocycles. The van der Waals surface area contributed by atoms with Crippen molar-refractivity contribution in [3.8, 4) is 5.75 Å². The molecule has 2 rings (SSSR count). The monoisotopic (exact) mass is 318 g/mol. The van der Waals surface area contributed by atoms with Crippen LogP contribution in [0, 0.1) is 0 Å². The topological polar surface area (TPSA) is 34.1 Å². The van der Waals surface area contributed by atoms with Crippen LogP contribution in [0.1, 0.15) is 11.3 Å². The zero-order valence-corrected chi connectivity index (χ0v) is 13.2. The lowest BCUT2D eigenvalue weighted by Crippen LogP contribution is -1.93. The summed E-state index contributed by atoms with van der Waals surface area (Å²) in [6.45, 7) is 7.51. The summed E-state index contributed by atoms with van der Waals surface area (Å²) in [6.07, 6.45) is 5.21. The number of nitrogens with one attached hydrogen (secondary N) is 1. The van der Waals surface area contributed by atoms with Gasteiger partial charge in [-0.15, -0.1) is 0 Å². The number of anilines is 1. The number of methoxy groups -OCH3 is 1. The summed E-state index contributed by atoms with van der Waals surface area (Å²) >= 11 is 7.38. The minimum Gasteiger partial charge on any atom is -0.495 e. The number of ether oxygens (including phenoxy) is 1. The Morgan fingerprint density at radius 3 is 2.76 bits per heavy atom. The molecule has 0 aliphatic rings. The summed E-state index contributed by atoms with van der Waals surface area (Å²) in [5.41, 5.74) is 2.61. The molecule has 0 radical (unpaired) electrons. The summed E-state index contributed by atoms with van der Waals surface area (Å²) in [7, 11) is 1.62. The first-order valence-electron chi connectivity index (χ1n) is 6.19. The first kappa shape index (κ1) is 15.5. The number of aromatic nitrogens is 1. The second kappa shape index (κ2) is 7.20. The van der Waals surface area contributed by atoms with Gasteiger partial charge in [-0.3, -0.25) is 4.98 Å². The Labute approximate surface area is 133 Å². The van der Waals surface area contributed by atoms with Crippen molar-refractivity contribution in [3.63, 3.8) is 0 Å².